The van der Waals surface area contributed by atoms with Crippen LogP contribution in [0.4, 0.5) is 0 Å². The van der Waals surface area contributed by atoms with E-state index in [4.69, 9.17) is 14.4 Å². The summed E-state index contributed by atoms with van der Waals surface area (Å²) in [7, 11) is -1.90. The minimum Gasteiger partial charge on any atom is -0.415 e. The van der Waals surface area contributed by atoms with Crippen molar-refractivity contribution in [3.8, 4) is 6.07 Å². The highest BCUT2D eigenvalue weighted by Gasteiger charge is 2.39. The molecule has 27 heavy (non-hydrogen) atoms. The van der Waals surface area contributed by atoms with Gasteiger partial charge in [0.1, 0.15) is 0 Å². The van der Waals surface area contributed by atoms with Gasteiger partial charge in [0.15, 0.2) is 8.32 Å². The minimum atomic E-state index is -1.90. The smallest absolute Gasteiger partial charge is 0.256 e. The highest BCUT2D eigenvalue weighted by atomic mass is 28.4. The lowest BCUT2D eigenvalue weighted by atomic mass is 10.1. The summed E-state index contributed by atoms with van der Waals surface area (Å²) >= 11 is 0. The molecule has 1 aromatic heterocycles. The van der Waals surface area contributed by atoms with Gasteiger partial charge in [0.05, 0.1) is 43.2 Å². The molecule has 2 heterocycles. The Morgan fingerprint density at radius 3 is 2.89 bits per heavy atom. The van der Waals surface area contributed by atoms with E-state index < -0.39 is 8.32 Å². The number of morpholine rings is 1. The quantitative estimate of drug-likeness (QED) is 0.697. The molecule has 1 saturated heterocycles. The first kappa shape index (κ1) is 21.5. The Morgan fingerprint density at radius 2 is 2.22 bits per heavy atom. The molecule has 1 aliphatic rings. The molecule has 0 bridgehead atoms. The van der Waals surface area contributed by atoms with Crippen LogP contribution in [0, 0.1) is 11.3 Å². The zero-order valence-electron chi connectivity index (χ0n) is 17.1. The molecule has 148 valence electrons. The number of hydrogen-bond acceptors (Lipinski definition) is 5. The van der Waals surface area contributed by atoms with Crippen molar-refractivity contribution in [1.82, 2.24) is 9.88 Å². The standard InChI is InChI=1S/C20H31N3O3Si/c1-20(2,3)27(4,5)26-15-16-14-25-13-12-23(16)19(24)17-8-7-11-22-18(17)9-6-10-21/h7-8,11,16H,6,9,12-15H2,1-5H3. The molecule has 0 aromatic carbocycles. The zero-order chi connectivity index (χ0) is 20.1. The fraction of sp³-hybridized carbons (Fsp3) is 0.650. The predicted octanol–water partition coefficient (Wildman–Crippen LogP) is 3.40. The molecule has 1 atom stereocenters. The van der Waals surface area contributed by atoms with Crippen molar-refractivity contribution in [3.63, 3.8) is 0 Å². The summed E-state index contributed by atoms with van der Waals surface area (Å²) in [4.78, 5) is 19.4. The number of amides is 1. The maximum absolute atomic E-state index is 13.2. The molecular formula is C20H31N3O3Si. The second-order valence-corrected chi connectivity index (χ2v) is 13.3. The maximum Gasteiger partial charge on any atom is 0.256 e. The number of hydrogen-bond donors (Lipinski definition) is 0. The van der Waals surface area contributed by atoms with E-state index in [1.54, 1.807) is 18.3 Å². The molecule has 6 nitrogen and oxygen atoms in total. The Hall–Kier alpha value is -1.75. The van der Waals surface area contributed by atoms with Crippen molar-refractivity contribution in [2.24, 2.45) is 0 Å². The Bertz CT molecular complexity index is 694. The highest BCUT2D eigenvalue weighted by Crippen LogP contribution is 2.36. The van der Waals surface area contributed by atoms with E-state index in [2.05, 4.69) is 44.9 Å². The van der Waals surface area contributed by atoms with E-state index >= 15 is 0 Å². The summed E-state index contributed by atoms with van der Waals surface area (Å²) in [5, 5.41) is 8.97. The van der Waals surface area contributed by atoms with Crippen molar-refractivity contribution in [3.05, 3.63) is 29.6 Å². The molecule has 0 spiro atoms. The molecule has 1 unspecified atom stereocenters. The van der Waals surface area contributed by atoms with Gasteiger partial charge in [-0.1, -0.05) is 20.8 Å². The van der Waals surface area contributed by atoms with Gasteiger partial charge in [0.2, 0.25) is 0 Å². The number of pyridine rings is 1. The van der Waals surface area contributed by atoms with Gasteiger partial charge in [-0.05, 0) is 30.3 Å². The van der Waals surface area contributed by atoms with Crippen LogP contribution in [0.2, 0.25) is 18.1 Å². The van der Waals surface area contributed by atoms with Gasteiger partial charge in [0.25, 0.3) is 5.91 Å². The predicted molar refractivity (Wildman–Crippen MR) is 107 cm³/mol. The fourth-order valence-corrected chi connectivity index (χ4v) is 3.78. The molecule has 0 saturated carbocycles. The van der Waals surface area contributed by atoms with Crippen LogP contribution in [0.3, 0.4) is 0 Å². The van der Waals surface area contributed by atoms with E-state index in [-0.39, 0.29) is 17.0 Å². The van der Waals surface area contributed by atoms with Crippen LogP contribution in [0.5, 0.6) is 0 Å². The number of ether oxygens (including phenoxy) is 1. The molecule has 1 fully saturated rings. The molecule has 2 rings (SSSR count). The zero-order valence-corrected chi connectivity index (χ0v) is 18.1. The van der Waals surface area contributed by atoms with E-state index in [1.807, 2.05) is 4.90 Å². The topological polar surface area (TPSA) is 75.5 Å². The molecule has 1 aromatic rings. The van der Waals surface area contributed by atoms with Crippen molar-refractivity contribution in [1.29, 1.82) is 5.26 Å². The molecule has 0 N–H and O–H groups in total. The monoisotopic (exact) mass is 389 g/mol. The SMILES string of the molecule is CC(C)(C)[Si](C)(C)OCC1COCCN1C(=O)c1cccnc1CCC#N. The number of aryl methyl sites for hydroxylation is 1. The van der Waals surface area contributed by atoms with E-state index in [0.717, 1.165) is 0 Å². The third-order valence-electron chi connectivity index (χ3n) is 5.53. The first-order valence-corrected chi connectivity index (χ1v) is 12.4. The lowest BCUT2D eigenvalue weighted by molar-refractivity contribution is -0.0167. The number of nitriles is 1. The van der Waals surface area contributed by atoms with Gasteiger partial charge in [-0.2, -0.15) is 5.26 Å². The van der Waals surface area contributed by atoms with Crippen LogP contribution in [0.25, 0.3) is 0 Å². The van der Waals surface area contributed by atoms with Gasteiger partial charge in [-0.15, -0.1) is 0 Å². The Morgan fingerprint density at radius 1 is 1.48 bits per heavy atom. The van der Waals surface area contributed by atoms with Gasteiger partial charge < -0.3 is 14.1 Å². The molecule has 7 heteroatoms. The van der Waals surface area contributed by atoms with Crippen LogP contribution in [-0.2, 0) is 15.6 Å². The van der Waals surface area contributed by atoms with Gasteiger partial charge in [0, 0.05) is 25.6 Å². The first-order valence-electron chi connectivity index (χ1n) is 9.51. The first-order chi connectivity index (χ1) is 12.7. The van der Waals surface area contributed by atoms with E-state index in [1.165, 1.54) is 0 Å². The average Bonchev–Trinajstić information content (AvgIpc) is 2.64. The third kappa shape index (κ3) is 5.38. The Labute approximate surface area is 163 Å². The maximum atomic E-state index is 13.2. The summed E-state index contributed by atoms with van der Waals surface area (Å²) in [6, 6.07) is 5.58. The van der Waals surface area contributed by atoms with Gasteiger partial charge in [-0.3, -0.25) is 9.78 Å². The summed E-state index contributed by atoms with van der Waals surface area (Å²) in [5.41, 5.74) is 1.26. The van der Waals surface area contributed by atoms with Crippen LogP contribution in [-0.4, -0.2) is 56.5 Å². The number of aromatic nitrogens is 1. The van der Waals surface area contributed by atoms with Crippen LogP contribution in [0.1, 0.15) is 43.2 Å². The third-order valence-corrected chi connectivity index (χ3v) is 10.0. The minimum absolute atomic E-state index is 0.0526. The van der Waals surface area contributed by atoms with Crippen molar-refractivity contribution >= 4 is 14.2 Å². The summed E-state index contributed by atoms with van der Waals surface area (Å²) in [5.74, 6) is -0.0526. The van der Waals surface area contributed by atoms with E-state index in [9.17, 15) is 4.79 Å². The van der Waals surface area contributed by atoms with Gasteiger partial charge >= 0.3 is 0 Å². The summed E-state index contributed by atoms with van der Waals surface area (Å²) in [6.07, 6.45) is 2.49. The second-order valence-electron chi connectivity index (χ2n) is 8.45. The lowest BCUT2D eigenvalue weighted by Crippen LogP contribution is -2.53. The largest absolute Gasteiger partial charge is 0.415 e. The molecule has 1 aliphatic heterocycles. The van der Waals surface area contributed by atoms with Crippen molar-refractivity contribution in [2.75, 3.05) is 26.4 Å². The Balaban J connectivity index is 2.15. The fourth-order valence-electron chi connectivity index (χ4n) is 2.74. The number of nitrogens with zero attached hydrogens (tertiary/aromatic N) is 3. The summed E-state index contributed by atoms with van der Waals surface area (Å²) in [6.45, 7) is 13.1. The van der Waals surface area contributed by atoms with Crippen LogP contribution < -0.4 is 0 Å². The van der Waals surface area contributed by atoms with Crippen LogP contribution in [0.15, 0.2) is 18.3 Å². The number of carbonyl (C=O) groups is 1. The van der Waals surface area contributed by atoms with E-state index in [0.29, 0.717) is 50.5 Å². The van der Waals surface area contributed by atoms with Gasteiger partial charge in [-0.25, -0.2) is 0 Å². The highest BCUT2D eigenvalue weighted by molar-refractivity contribution is 6.74. The molecule has 1 amide bonds. The molecular weight excluding hydrogens is 358 g/mol. The normalized spacial score (nSPS) is 18.2. The molecule has 0 radical (unpaired) electrons. The number of carbonyl (C=O) groups excluding carboxylic acids is 1. The Kier molecular flexibility index (Phi) is 7.15. The van der Waals surface area contributed by atoms with Crippen LogP contribution >= 0.6 is 0 Å². The lowest BCUT2D eigenvalue weighted by Gasteiger charge is -2.41. The molecule has 0 aliphatic carbocycles. The van der Waals surface area contributed by atoms with Crippen molar-refractivity contribution < 1.29 is 14.0 Å². The summed E-state index contributed by atoms with van der Waals surface area (Å²) < 4.78 is 12.0. The second kappa shape index (κ2) is 8.96. The number of rotatable bonds is 6. The average molecular weight is 390 g/mol. The van der Waals surface area contributed by atoms with Crippen molar-refractivity contribution in [2.45, 2.75) is 57.8 Å².